The molecule has 10 heteroatoms. The minimum atomic E-state index is -4.50. The topological polar surface area (TPSA) is 93.3 Å². The summed E-state index contributed by atoms with van der Waals surface area (Å²) in [5.74, 6) is -0.293. The van der Waals surface area contributed by atoms with Gasteiger partial charge in [-0.3, -0.25) is 14.8 Å². The summed E-state index contributed by atoms with van der Waals surface area (Å²) >= 11 is 0. The van der Waals surface area contributed by atoms with Gasteiger partial charge in [-0.15, -0.1) is 5.10 Å². The average Bonchev–Trinajstić information content (AvgIpc) is 3.25. The zero-order valence-electron chi connectivity index (χ0n) is 17.5. The number of fused-ring (bicyclic) bond motifs is 1. The molecule has 0 radical (unpaired) electrons. The average molecular weight is 463 g/mol. The minimum Gasteiger partial charge on any atom is -0.402 e. The number of benzene rings is 2. The molecule has 1 aliphatic heterocycles. The molecule has 1 N–H and O–H groups in total. The van der Waals surface area contributed by atoms with E-state index in [4.69, 9.17) is 4.42 Å². The van der Waals surface area contributed by atoms with Crippen molar-refractivity contribution >= 4 is 17.5 Å². The van der Waals surface area contributed by atoms with Crippen molar-refractivity contribution in [1.82, 2.24) is 15.2 Å². The van der Waals surface area contributed by atoms with Crippen LogP contribution in [0.15, 0.2) is 82.3 Å². The first-order chi connectivity index (χ1) is 16.4. The SMILES string of the molecule is O=C1Cc2ccccc2C(c2ccccc2)=NC1Nc1nnc(-c2ccc(C(F)(F)F)cn2)o1. The predicted octanol–water partition coefficient (Wildman–Crippen LogP) is 4.55. The Kier molecular flexibility index (Phi) is 5.40. The van der Waals surface area contributed by atoms with E-state index in [2.05, 4.69) is 25.5 Å². The summed E-state index contributed by atoms with van der Waals surface area (Å²) in [6, 6.07) is 18.9. The quantitative estimate of drug-likeness (QED) is 0.477. The van der Waals surface area contributed by atoms with Crippen LogP contribution in [0.5, 0.6) is 0 Å². The Hall–Kier alpha value is -4.34. The zero-order valence-corrected chi connectivity index (χ0v) is 17.5. The van der Waals surface area contributed by atoms with Crippen molar-refractivity contribution in [3.63, 3.8) is 0 Å². The van der Waals surface area contributed by atoms with Gasteiger partial charge in [0.25, 0.3) is 5.89 Å². The molecule has 0 fully saturated rings. The number of alkyl halides is 3. The summed E-state index contributed by atoms with van der Waals surface area (Å²) in [4.78, 5) is 21.4. The molecule has 2 aromatic carbocycles. The first kappa shape index (κ1) is 21.5. The number of nitrogens with zero attached hydrogens (tertiary/aromatic N) is 4. The standard InChI is InChI=1S/C24H16F3N5O2/c25-24(26,27)16-10-11-18(28-13-16)22-31-32-23(34-22)30-21-19(33)12-15-8-4-5-9-17(15)20(29-21)14-6-2-1-3-7-14/h1-11,13,21H,12H2,(H,30,32). The van der Waals surface area contributed by atoms with Crippen LogP contribution < -0.4 is 5.32 Å². The van der Waals surface area contributed by atoms with Gasteiger partial charge in [-0.05, 0) is 17.7 Å². The fourth-order valence-electron chi connectivity index (χ4n) is 3.59. The largest absolute Gasteiger partial charge is 0.417 e. The van der Waals surface area contributed by atoms with Crippen LogP contribution >= 0.6 is 0 Å². The third kappa shape index (κ3) is 4.29. The number of hydrogen-bond acceptors (Lipinski definition) is 7. The second kappa shape index (κ2) is 8.54. The first-order valence-corrected chi connectivity index (χ1v) is 10.3. The van der Waals surface area contributed by atoms with Crippen LogP contribution in [0.4, 0.5) is 19.2 Å². The first-order valence-electron chi connectivity index (χ1n) is 10.3. The number of halogens is 3. The highest BCUT2D eigenvalue weighted by atomic mass is 19.4. The maximum absolute atomic E-state index is 13.0. The maximum Gasteiger partial charge on any atom is 0.417 e. The van der Waals surface area contributed by atoms with E-state index in [9.17, 15) is 18.0 Å². The van der Waals surface area contributed by atoms with Gasteiger partial charge in [0.05, 0.1) is 11.3 Å². The van der Waals surface area contributed by atoms with Gasteiger partial charge in [0, 0.05) is 23.7 Å². The van der Waals surface area contributed by atoms with Gasteiger partial charge in [0.15, 0.2) is 11.9 Å². The second-order valence-electron chi connectivity index (χ2n) is 7.53. The molecule has 5 rings (SSSR count). The molecule has 170 valence electrons. The summed E-state index contributed by atoms with van der Waals surface area (Å²) in [7, 11) is 0. The van der Waals surface area contributed by atoms with Crippen LogP contribution in [0.25, 0.3) is 11.6 Å². The molecule has 1 aliphatic rings. The molecule has 34 heavy (non-hydrogen) atoms. The molecule has 0 saturated heterocycles. The van der Waals surface area contributed by atoms with Gasteiger partial charge >= 0.3 is 12.2 Å². The number of Topliss-reactive ketones (excluding diaryl/α,β-unsaturated/α-hetero) is 1. The highest BCUT2D eigenvalue weighted by Gasteiger charge is 2.31. The van der Waals surface area contributed by atoms with Gasteiger partial charge in [-0.1, -0.05) is 59.7 Å². The monoisotopic (exact) mass is 463 g/mol. The number of carbonyl (C=O) groups is 1. The Bertz CT molecular complexity index is 1370. The predicted molar refractivity (Wildman–Crippen MR) is 117 cm³/mol. The molecule has 0 bridgehead atoms. The van der Waals surface area contributed by atoms with E-state index in [-0.39, 0.29) is 29.8 Å². The van der Waals surface area contributed by atoms with Crippen LogP contribution in [-0.2, 0) is 17.4 Å². The van der Waals surface area contributed by atoms with Crippen LogP contribution in [0.3, 0.4) is 0 Å². The van der Waals surface area contributed by atoms with Gasteiger partial charge in [-0.25, -0.2) is 0 Å². The summed E-state index contributed by atoms with van der Waals surface area (Å²) in [5.41, 5.74) is 2.37. The van der Waals surface area contributed by atoms with E-state index >= 15 is 0 Å². The highest BCUT2D eigenvalue weighted by Crippen LogP contribution is 2.30. The molecule has 1 unspecified atom stereocenters. The fourth-order valence-corrected chi connectivity index (χ4v) is 3.59. The molecule has 7 nitrogen and oxygen atoms in total. The number of pyridine rings is 1. The van der Waals surface area contributed by atoms with Crippen molar-refractivity contribution in [2.75, 3.05) is 5.32 Å². The summed E-state index contributed by atoms with van der Waals surface area (Å²) in [6.07, 6.45) is -4.67. The number of anilines is 1. The molecule has 4 aromatic rings. The van der Waals surface area contributed by atoms with Gasteiger partial charge in [-0.2, -0.15) is 13.2 Å². The summed E-state index contributed by atoms with van der Waals surface area (Å²) in [6.45, 7) is 0. The third-order valence-electron chi connectivity index (χ3n) is 5.24. The second-order valence-corrected chi connectivity index (χ2v) is 7.53. The van der Waals surface area contributed by atoms with Crippen LogP contribution in [0.1, 0.15) is 22.3 Å². The van der Waals surface area contributed by atoms with Crippen LogP contribution in [0.2, 0.25) is 0 Å². The smallest absolute Gasteiger partial charge is 0.402 e. The number of hydrogen-bond donors (Lipinski definition) is 1. The molecule has 0 aliphatic carbocycles. The van der Waals surface area contributed by atoms with E-state index < -0.39 is 17.9 Å². The molecule has 3 heterocycles. The van der Waals surface area contributed by atoms with Crippen molar-refractivity contribution in [3.8, 4) is 11.6 Å². The lowest BCUT2D eigenvalue weighted by atomic mass is 9.96. The van der Waals surface area contributed by atoms with Crippen LogP contribution in [0, 0.1) is 0 Å². The van der Waals surface area contributed by atoms with Gasteiger partial charge in [0.2, 0.25) is 0 Å². The normalized spacial score (nSPS) is 15.9. The van der Waals surface area contributed by atoms with Crippen molar-refractivity contribution in [3.05, 3.63) is 95.2 Å². The highest BCUT2D eigenvalue weighted by molar-refractivity contribution is 6.16. The number of aliphatic imine (C=N–C) groups is 1. The summed E-state index contributed by atoms with van der Waals surface area (Å²) < 4.78 is 43.8. The van der Waals surface area contributed by atoms with Crippen LogP contribution in [-0.4, -0.2) is 32.8 Å². The molecule has 0 amide bonds. The number of carbonyl (C=O) groups excluding carboxylic acids is 1. The Labute approximate surface area is 191 Å². The Balaban J connectivity index is 1.44. The fraction of sp³-hybridized carbons (Fsp3) is 0.125. The molecular formula is C24H16F3N5O2. The van der Waals surface area contributed by atoms with E-state index in [0.717, 1.165) is 28.8 Å². The van der Waals surface area contributed by atoms with E-state index in [1.807, 2.05) is 54.6 Å². The van der Waals surface area contributed by atoms with Crippen molar-refractivity contribution in [1.29, 1.82) is 0 Å². The van der Waals surface area contributed by atoms with Crippen molar-refractivity contribution < 1.29 is 22.4 Å². The Morgan fingerprint density at radius 1 is 0.941 bits per heavy atom. The lowest BCUT2D eigenvalue weighted by Gasteiger charge is -2.11. The Morgan fingerprint density at radius 3 is 2.44 bits per heavy atom. The molecule has 0 saturated carbocycles. The van der Waals surface area contributed by atoms with Crippen molar-refractivity contribution in [2.45, 2.75) is 18.8 Å². The van der Waals surface area contributed by atoms with Crippen molar-refractivity contribution in [2.24, 2.45) is 4.99 Å². The number of rotatable bonds is 4. The minimum absolute atomic E-state index is 0.0709. The zero-order chi connectivity index (χ0) is 23.7. The van der Waals surface area contributed by atoms with E-state index in [0.29, 0.717) is 11.9 Å². The lowest BCUT2D eigenvalue weighted by molar-refractivity contribution is -0.137. The number of aromatic nitrogens is 3. The summed E-state index contributed by atoms with van der Waals surface area (Å²) in [5, 5.41) is 10.5. The van der Waals surface area contributed by atoms with Gasteiger partial charge < -0.3 is 9.73 Å². The Morgan fingerprint density at radius 2 is 1.71 bits per heavy atom. The van der Waals surface area contributed by atoms with E-state index in [1.54, 1.807) is 0 Å². The third-order valence-corrected chi connectivity index (χ3v) is 5.24. The van der Waals surface area contributed by atoms with E-state index in [1.165, 1.54) is 0 Å². The molecular weight excluding hydrogens is 447 g/mol. The number of nitrogens with one attached hydrogen (secondary N) is 1. The number of ketones is 1. The lowest BCUT2D eigenvalue weighted by Crippen LogP contribution is -2.29. The molecule has 0 spiro atoms. The van der Waals surface area contributed by atoms with Gasteiger partial charge in [0.1, 0.15) is 5.69 Å². The maximum atomic E-state index is 13.0. The molecule has 2 aromatic heterocycles. The molecule has 1 atom stereocenters.